The molecule has 0 atom stereocenters. The summed E-state index contributed by atoms with van der Waals surface area (Å²) in [6.45, 7) is 1.55. The molecule has 2 aromatic carbocycles. The first kappa shape index (κ1) is 22.9. The molecule has 1 N–H and O–H groups in total. The number of phenolic OH excluding ortho intramolecular Hbond substituents is 1. The third-order valence-electron chi connectivity index (χ3n) is 5.71. The molecule has 34 heavy (non-hydrogen) atoms. The van der Waals surface area contributed by atoms with Gasteiger partial charge in [-0.25, -0.2) is 4.39 Å². The Kier molecular flexibility index (Phi) is 6.53. The van der Waals surface area contributed by atoms with Gasteiger partial charge in [0.2, 0.25) is 0 Å². The molecule has 0 radical (unpaired) electrons. The molecule has 174 valence electrons. The van der Waals surface area contributed by atoms with Gasteiger partial charge in [0.05, 0.1) is 7.11 Å². The molecule has 8 nitrogen and oxygen atoms in total. The van der Waals surface area contributed by atoms with Gasteiger partial charge in [-0.15, -0.1) is 0 Å². The number of amides is 2. The Morgan fingerprint density at radius 1 is 0.824 bits per heavy atom. The number of pyridine rings is 1. The maximum absolute atomic E-state index is 14.5. The van der Waals surface area contributed by atoms with Gasteiger partial charge >= 0.3 is 0 Å². The number of methoxy groups -OCH3 is 1. The van der Waals surface area contributed by atoms with Gasteiger partial charge in [0, 0.05) is 55.3 Å². The van der Waals surface area contributed by atoms with Crippen LogP contribution in [0.5, 0.6) is 11.5 Å². The largest absolute Gasteiger partial charge is 0.507 e. The van der Waals surface area contributed by atoms with E-state index >= 15 is 0 Å². The number of nitrogens with zero attached hydrogens (tertiary/aromatic N) is 3. The number of aromatic hydroxyl groups is 1. The molecule has 1 aromatic heterocycles. The van der Waals surface area contributed by atoms with Gasteiger partial charge < -0.3 is 19.6 Å². The lowest BCUT2D eigenvalue weighted by atomic mass is 10.00. The molecule has 4 rings (SSSR count). The normalized spacial score (nSPS) is 13.5. The highest BCUT2D eigenvalue weighted by Gasteiger charge is 2.26. The number of piperazine rings is 1. The lowest BCUT2D eigenvalue weighted by molar-refractivity contribution is 0.0535. The van der Waals surface area contributed by atoms with E-state index in [1.54, 1.807) is 34.3 Å². The molecule has 2 amide bonds. The Hall–Kier alpha value is -4.27. The van der Waals surface area contributed by atoms with Crippen molar-refractivity contribution in [2.24, 2.45) is 0 Å². The van der Waals surface area contributed by atoms with Crippen LogP contribution in [0.4, 0.5) is 4.39 Å². The van der Waals surface area contributed by atoms with Crippen molar-refractivity contribution in [1.82, 2.24) is 14.8 Å². The molecule has 9 heteroatoms. The van der Waals surface area contributed by atoms with Crippen LogP contribution in [0.2, 0.25) is 0 Å². The summed E-state index contributed by atoms with van der Waals surface area (Å²) in [6.07, 6.45) is 3.12. The zero-order valence-corrected chi connectivity index (χ0v) is 18.4. The molecule has 1 aliphatic heterocycles. The summed E-state index contributed by atoms with van der Waals surface area (Å²) in [5.74, 6) is -2.67. The van der Waals surface area contributed by atoms with Gasteiger partial charge in [-0.1, -0.05) is 12.1 Å². The monoisotopic (exact) mass is 463 g/mol. The van der Waals surface area contributed by atoms with Crippen molar-refractivity contribution in [2.45, 2.75) is 0 Å². The van der Waals surface area contributed by atoms with E-state index in [1.807, 2.05) is 0 Å². The van der Waals surface area contributed by atoms with E-state index in [4.69, 9.17) is 4.74 Å². The van der Waals surface area contributed by atoms with Crippen molar-refractivity contribution in [2.75, 3.05) is 33.3 Å². The number of hydrogen-bond donors (Lipinski definition) is 1. The van der Waals surface area contributed by atoms with Gasteiger partial charge in [0.25, 0.3) is 11.8 Å². The fraction of sp³-hybridized carbons (Fsp3) is 0.200. The van der Waals surface area contributed by atoms with Gasteiger partial charge in [-0.3, -0.25) is 19.4 Å². The SMILES string of the molecule is COc1ccc(O)c(C(=O)c2ccc(C(=O)N3CCN(C(=O)c4ccncc4)CC3)cc2)c1F. The predicted octanol–water partition coefficient (Wildman–Crippen LogP) is 2.76. The van der Waals surface area contributed by atoms with E-state index in [1.165, 1.54) is 43.5 Å². The zero-order valence-electron chi connectivity index (χ0n) is 18.4. The summed E-state index contributed by atoms with van der Waals surface area (Å²) in [6, 6.07) is 11.5. The van der Waals surface area contributed by atoms with Gasteiger partial charge in [0.1, 0.15) is 11.3 Å². The fourth-order valence-corrected chi connectivity index (χ4v) is 3.80. The topological polar surface area (TPSA) is 100 Å². The number of benzene rings is 2. The molecule has 0 spiro atoms. The van der Waals surface area contributed by atoms with E-state index in [9.17, 15) is 23.9 Å². The number of hydrogen-bond acceptors (Lipinski definition) is 6. The highest BCUT2D eigenvalue weighted by Crippen LogP contribution is 2.30. The minimum Gasteiger partial charge on any atom is -0.507 e. The molecule has 0 saturated carbocycles. The number of carbonyl (C=O) groups is 3. The van der Waals surface area contributed by atoms with Gasteiger partial charge in [-0.05, 0) is 36.4 Å². The lowest BCUT2D eigenvalue weighted by Gasteiger charge is -2.34. The molecular weight excluding hydrogens is 441 g/mol. The van der Waals surface area contributed by atoms with Crippen LogP contribution < -0.4 is 4.74 Å². The second kappa shape index (κ2) is 9.70. The third kappa shape index (κ3) is 4.45. The quantitative estimate of drug-likeness (QED) is 0.584. The summed E-state index contributed by atoms with van der Waals surface area (Å²) in [7, 11) is 1.26. The van der Waals surface area contributed by atoms with Crippen molar-refractivity contribution in [1.29, 1.82) is 0 Å². The first-order valence-electron chi connectivity index (χ1n) is 10.6. The van der Waals surface area contributed by atoms with Crippen LogP contribution in [0.1, 0.15) is 36.6 Å². The molecule has 1 saturated heterocycles. The standard InChI is InChI=1S/C25H22FN3O5/c1-34-20-7-6-19(30)21(22(20)26)23(31)16-2-4-17(5-3-16)24(32)28-12-14-29(15-13-28)25(33)18-8-10-27-11-9-18/h2-11,30H,12-15H2,1H3. The third-order valence-corrected chi connectivity index (χ3v) is 5.71. The summed E-state index contributed by atoms with van der Waals surface area (Å²) in [4.78, 5) is 45.5. The van der Waals surface area contributed by atoms with E-state index in [2.05, 4.69) is 4.98 Å². The van der Waals surface area contributed by atoms with E-state index in [0.717, 1.165) is 0 Å². The first-order chi connectivity index (χ1) is 16.4. The number of ether oxygens (including phenoxy) is 1. The number of aromatic nitrogens is 1. The summed E-state index contributed by atoms with van der Waals surface area (Å²) in [5, 5.41) is 9.98. The Morgan fingerprint density at radius 2 is 1.32 bits per heavy atom. The Balaban J connectivity index is 1.42. The molecule has 0 unspecified atom stereocenters. The maximum Gasteiger partial charge on any atom is 0.254 e. The predicted molar refractivity (Wildman–Crippen MR) is 121 cm³/mol. The molecule has 0 bridgehead atoms. The van der Waals surface area contributed by atoms with Crippen molar-refractivity contribution in [3.8, 4) is 11.5 Å². The number of halogens is 1. The molecular formula is C25H22FN3O5. The van der Waals surface area contributed by atoms with Crippen LogP contribution in [0.25, 0.3) is 0 Å². The minimum atomic E-state index is -0.952. The number of phenols is 1. The van der Waals surface area contributed by atoms with Crippen molar-refractivity contribution < 1.29 is 28.6 Å². The molecule has 3 aromatic rings. The average Bonchev–Trinajstić information content (AvgIpc) is 2.88. The smallest absolute Gasteiger partial charge is 0.254 e. The van der Waals surface area contributed by atoms with Gasteiger partial charge in [-0.2, -0.15) is 0 Å². The minimum absolute atomic E-state index is 0.106. The van der Waals surface area contributed by atoms with E-state index in [-0.39, 0.29) is 23.1 Å². The van der Waals surface area contributed by atoms with E-state index < -0.39 is 22.9 Å². The van der Waals surface area contributed by atoms with E-state index in [0.29, 0.717) is 37.3 Å². The second-order valence-electron chi connectivity index (χ2n) is 7.70. The molecule has 2 heterocycles. The van der Waals surface area contributed by atoms with Crippen LogP contribution >= 0.6 is 0 Å². The lowest BCUT2D eigenvalue weighted by Crippen LogP contribution is -2.50. The van der Waals surface area contributed by atoms with Crippen molar-refractivity contribution in [3.63, 3.8) is 0 Å². The number of ketones is 1. The Labute approximate surface area is 195 Å². The van der Waals surface area contributed by atoms with Crippen molar-refractivity contribution in [3.05, 3.63) is 89.0 Å². The summed E-state index contributed by atoms with van der Waals surface area (Å²) in [5.41, 5.74) is 0.537. The van der Waals surface area contributed by atoms with Crippen LogP contribution in [0.3, 0.4) is 0 Å². The Bertz CT molecular complexity index is 1220. The summed E-state index contributed by atoms with van der Waals surface area (Å²) < 4.78 is 19.4. The van der Waals surface area contributed by atoms with Crippen LogP contribution in [-0.4, -0.2) is 70.8 Å². The zero-order chi connectivity index (χ0) is 24.2. The molecule has 1 fully saturated rings. The number of carbonyl (C=O) groups excluding carboxylic acids is 3. The second-order valence-corrected chi connectivity index (χ2v) is 7.70. The first-order valence-corrected chi connectivity index (χ1v) is 10.6. The van der Waals surface area contributed by atoms with Gasteiger partial charge in [0.15, 0.2) is 17.3 Å². The average molecular weight is 463 g/mol. The highest BCUT2D eigenvalue weighted by molar-refractivity contribution is 6.11. The Morgan fingerprint density at radius 3 is 1.85 bits per heavy atom. The van der Waals surface area contributed by atoms with Crippen molar-refractivity contribution >= 4 is 17.6 Å². The maximum atomic E-state index is 14.5. The van der Waals surface area contributed by atoms with Crippen LogP contribution in [0.15, 0.2) is 60.9 Å². The summed E-state index contributed by atoms with van der Waals surface area (Å²) >= 11 is 0. The highest BCUT2D eigenvalue weighted by atomic mass is 19.1. The van der Waals surface area contributed by atoms with Crippen LogP contribution in [0, 0.1) is 5.82 Å². The molecule has 1 aliphatic rings. The fourth-order valence-electron chi connectivity index (χ4n) is 3.80. The van der Waals surface area contributed by atoms with Crippen LogP contribution in [-0.2, 0) is 0 Å². The molecule has 0 aliphatic carbocycles. The number of rotatable bonds is 5.